The van der Waals surface area contributed by atoms with Gasteiger partial charge >= 0.3 is 11.9 Å². The zero-order valence-corrected chi connectivity index (χ0v) is 24.2. The number of hydrogen-bond acceptors (Lipinski definition) is 9. The Morgan fingerprint density at radius 2 is 1.71 bits per heavy atom. The number of aliphatic hydroxyl groups excluding tert-OH is 1. The molecule has 0 bridgehead atoms. The molecule has 1 aromatic heterocycles. The van der Waals surface area contributed by atoms with Crippen LogP contribution >= 0.6 is 11.3 Å². The van der Waals surface area contributed by atoms with Crippen LogP contribution in [0.3, 0.4) is 0 Å². The van der Waals surface area contributed by atoms with Gasteiger partial charge in [-0.15, -0.1) is 0 Å². The number of aromatic nitrogens is 1. The fraction of sp³-hybridized carbons (Fsp3) is 0.188. The minimum Gasteiger partial charge on any atom is -0.507 e. The maximum atomic E-state index is 13.5. The lowest BCUT2D eigenvalue weighted by molar-refractivity contribution is -0.132. The molecule has 1 N–H and O–H groups in total. The Bertz CT molecular complexity index is 1710. The maximum absolute atomic E-state index is 13.5. The Labute approximate surface area is 246 Å². The van der Waals surface area contributed by atoms with E-state index in [1.807, 2.05) is 31.2 Å². The fourth-order valence-electron chi connectivity index (χ4n) is 4.72. The van der Waals surface area contributed by atoms with Gasteiger partial charge in [0, 0.05) is 5.56 Å². The zero-order valence-electron chi connectivity index (χ0n) is 23.4. The molecule has 1 amide bonds. The van der Waals surface area contributed by atoms with Gasteiger partial charge in [-0.05, 0) is 66.9 Å². The van der Waals surface area contributed by atoms with Crippen molar-refractivity contribution in [3.05, 3.63) is 111 Å². The SMILES string of the molecule is COC(=O)c1sc(N2C(=O)C(=O)/C(=C(/O)c3ccc(OCc4ccccc4C)cc3)C2c2cccc(OC)c2)nc1C. The molecule has 3 aromatic carbocycles. The van der Waals surface area contributed by atoms with Crippen molar-refractivity contribution >= 4 is 39.9 Å². The van der Waals surface area contributed by atoms with Crippen molar-refractivity contribution in [1.29, 1.82) is 0 Å². The van der Waals surface area contributed by atoms with E-state index in [0.717, 1.165) is 22.5 Å². The molecule has 0 spiro atoms. The summed E-state index contributed by atoms with van der Waals surface area (Å²) in [6.45, 7) is 4.00. The highest BCUT2D eigenvalue weighted by Crippen LogP contribution is 2.44. The molecular formula is C32H28N2O7S. The van der Waals surface area contributed by atoms with E-state index in [9.17, 15) is 19.5 Å². The molecule has 214 valence electrons. The van der Waals surface area contributed by atoms with Crippen LogP contribution in [0, 0.1) is 13.8 Å². The first kappa shape index (κ1) is 28.6. The van der Waals surface area contributed by atoms with Gasteiger partial charge in [0.15, 0.2) is 5.13 Å². The minimum absolute atomic E-state index is 0.116. The van der Waals surface area contributed by atoms with Gasteiger partial charge in [0.05, 0.1) is 31.5 Å². The van der Waals surface area contributed by atoms with E-state index in [1.165, 1.54) is 19.1 Å². The van der Waals surface area contributed by atoms with Crippen molar-refractivity contribution in [3.63, 3.8) is 0 Å². The third-order valence-electron chi connectivity index (χ3n) is 7.00. The van der Waals surface area contributed by atoms with Crippen LogP contribution in [0.1, 0.15) is 43.7 Å². The average Bonchev–Trinajstić information content (AvgIpc) is 3.52. The van der Waals surface area contributed by atoms with Gasteiger partial charge in [-0.2, -0.15) is 0 Å². The topological polar surface area (TPSA) is 115 Å². The molecule has 1 atom stereocenters. The van der Waals surface area contributed by atoms with Crippen LogP contribution in [0.5, 0.6) is 11.5 Å². The molecule has 1 unspecified atom stereocenters. The smallest absolute Gasteiger partial charge is 0.350 e. The summed E-state index contributed by atoms with van der Waals surface area (Å²) >= 11 is 0.935. The number of aryl methyl sites for hydroxylation is 2. The number of benzene rings is 3. The van der Waals surface area contributed by atoms with E-state index in [0.29, 0.717) is 34.9 Å². The number of esters is 1. The Hall–Kier alpha value is -4.96. The van der Waals surface area contributed by atoms with Crippen LogP contribution in [-0.4, -0.2) is 42.0 Å². The Morgan fingerprint density at radius 1 is 0.976 bits per heavy atom. The molecule has 5 rings (SSSR count). The summed E-state index contributed by atoms with van der Waals surface area (Å²) in [5.74, 6) is -1.64. The van der Waals surface area contributed by atoms with E-state index < -0.39 is 23.7 Å². The van der Waals surface area contributed by atoms with Crippen molar-refractivity contribution in [2.75, 3.05) is 19.1 Å². The molecule has 0 saturated carbocycles. The number of rotatable bonds is 8. The molecule has 1 saturated heterocycles. The molecule has 10 heteroatoms. The average molecular weight is 585 g/mol. The number of methoxy groups -OCH3 is 2. The fourth-order valence-corrected chi connectivity index (χ4v) is 5.73. The molecule has 2 heterocycles. The second-order valence-electron chi connectivity index (χ2n) is 9.59. The number of amides is 1. The highest BCUT2D eigenvalue weighted by Gasteiger charge is 2.48. The van der Waals surface area contributed by atoms with Crippen molar-refractivity contribution in [2.45, 2.75) is 26.5 Å². The molecule has 1 aliphatic heterocycles. The highest BCUT2D eigenvalue weighted by molar-refractivity contribution is 7.17. The normalized spacial score (nSPS) is 16.0. The van der Waals surface area contributed by atoms with Crippen LogP contribution in [-0.2, 0) is 20.9 Å². The molecule has 0 aliphatic carbocycles. The van der Waals surface area contributed by atoms with Gasteiger partial charge in [0.25, 0.3) is 5.78 Å². The van der Waals surface area contributed by atoms with Crippen molar-refractivity contribution in [2.24, 2.45) is 0 Å². The largest absolute Gasteiger partial charge is 0.507 e. The number of ketones is 1. The molecule has 42 heavy (non-hydrogen) atoms. The summed E-state index contributed by atoms with van der Waals surface area (Å²) in [6, 6.07) is 20.4. The molecule has 9 nitrogen and oxygen atoms in total. The first-order chi connectivity index (χ1) is 20.2. The quantitative estimate of drug-likeness (QED) is 0.120. The summed E-state index contributed by atoms with van der Waals surface area (Å²) in [5.41, 5.74) is 3.25. The summed E-state index contributed by atoms with van der Waals surface area (Å²) in [4.78, 5) is 45.1. The number of hydrogen-bond donors (Lipinski definition) is 1. The van der Waals surface area contributed by atoms with Gasteiger partial charge in [0.1, 0.15) is 28.7 Å². The van der Waals surface area contributed by atoms with Crippen LogP contribution in [0.4, 0.5) is 5.13 Å². The summed E-state index contributed by atoms with van der Waals surface area (Å²) in [7, 11) is 2.76. The monoisotopic (exact) mass is 584 g/mol. The zero-order chi connectivity index (χ0) is 30.0. The van der Waals surface area contributed by atoms with Gasteiger partial charge in [0.2, 0.25) is 0 Å². The number of Topliss-reactive ketones (excluding diaryl/α,β-unsaturated/α-hetero) is 1. The third kappa shape index (κ3) is 5.36. The van der Waals surface area contributed by atoms with E-state index >= 15 is 0 Å². The number of anilines is 1. The van der Waals surface area contributed by atoms with Crippen LogP contribution < -0.4 is 14.4 Å². The maximum Gasteiger partial charge on any atom is 0.350 e. The van der Waals surface area contributed by atoms with Gasteiger partial charge in [-0.1, -0.05) is 47.7 Å². The molecule has 1 fully saturated rings. The van der Waals surface area contributed by atoms with Crippen LogP contribution in [0.15, 0.2) is 78.4 Å². The second kappa shape index (κ2) is 11.9. The summed E-state index contributed by atoms with van der Waals surface area (Å²) < 4.78 is 16.1. The molecule has 0 radical (unpaired) electrons. The van der Waals surface area contributed by atoms with Crippen molar-refractivity contribution in [3.8, 4) is 11.5 Å². The minimum atomic E-state index is -1.03. The van der Waals surface area contributed by atoms with E-state index in [4.69, 9.17) is 14.2 Å². The first-order valence-electron chi connectivity index (χ1n) is 13.0. The molecule has 1 aliphatic rings. The summed E-state index contributed by atoms with van der Waals surface area (Å²) in [5, 5.41) is 11.6. The predicted octanol–water partition coefficient (Wildman–Crippen LogP) is 5.76. The standard InChI is InChI=1S/C32H28N2O7S/c1-18-8-5-6-9-22(18)17-41-23-14-12-20(13-15-23)27(35)25-26(21-10-7-11-24(16-21)39-3)34(30(37)28(25)36)32-33-19(2)29(42-32)31(38)40-4/h5-16,26,35H,17H2,1-4H3/b27-25+. The van der Waals surface area contributed by atoms with E-state index in [-0.39, 0.29) is 21.3 Å². The molecule has 4 aromatic rings. The van der Waals surface area contributed by atoms with Gasteiger partial charge < -0.3 is 19.3 Å². The van der Waals surface area contributed by atoms with Crippen LogP contribution in [0.2, 0.25) is 0 Å². The van der Waals surface area contributed by atoms with Crippen molar-refractivity contribution in [1.82, 2.24) is 4.98 Å². The van der Waals surface area contributed by atoms with E-state index in [1.54, 1.807) is 55.5 Å². The van der Waals surface area contributed by atoms with Crippen LogP contribution in [0.25, 0.3) is 5.76 Å². The summed E-state index contributed by atoms with van der Waals surface area (Å²) in [6.07, 6.45) is 0. The van der Waals surface area contributed by atoms with Gasteiger partial charge in [-0.3, -0.25) is 14.5 Å². The lowest BCUT2D eigenvalue weighted by atomic mass is 9.95. The number of nitrogens with zero attached hydrogens (tertiary/aromatic N) is 2. The number of ether oxygens (including phenoxy) is 3. The Balaban J connectivity index is 1.55. The first-order valence-corrected chi connectivity index (χ1v) is 13.8. The Morgan fingerprint density at radius 3 is 2.40 bits per heavy atom. The number of aliphatic hydroxyl groups is 1. The number of carbonyl (C=O) groups is 3. The second-order valence-corrected chi connectivity index (χ2v) is 10.6. The third-order valence-corrected chi connectivity index (χ3v) is 8.14. The number of thiazole rings is 1. The highest BCUT2D eigenvalue weighted by atomic mass is 32.1. The predicted molar refractivity (Wildman–Crippen MR) is 158 cm³/mol. The van der Waals surface area contributed by atoms with E-state index in [2.05, 4.69) is 4.98 Å². The van der Waals surface area contributed by atoms with Gasteiger partial charge in [-0.25, -0.2) is 9.78 Å². The lowest BCUT2D eigenvalue weighted by Gasteiger charge is -2.23. The number of carbonyl (C=O) groups excluding carboxylic acids is 3. The molecular weight excluding hydrogens is 556 g/mol. The Kier molecular flexibility index (Phi) is 8.08. The van der Waals surface area contributed by atoms with Crippen molar-refractivity contribution < 1.29 is 33.7 Å². The lowest BCUT2D eigenvalue weighted by Crippen LogP contribution is -2.29.